The summed E-state index contributed by atoms with van der Waals surface area (Å²) in [6.45, 7) is 4.26. The van der Waals surface area contributed by atoms with Crippen LogP contribution in [-0.2, 0) is 6.18 Å². The summed E-state index contributed by atoms with van der Waals surface area (Å²) in [7, 11) is 0. The molecule has 0 radical (unpaired) electrons. The molecule has 0 bridgehead atoms. The molecule has 21 heavy (non-hydrogen) atoms. The predicted octanol–water partition coefficient (Wildman–Crippen LogP) is 5.20. The van der Waals surface area contributed by atoms with E-state index in [1.54, 1.807) is 0 Å². The maximum Gasteiger partial charge on any atom is 0.416 e. The van der Waals surface area contributed by atoms with Gasteiger partial charge in [-0.15, -0.1) is 0 Å². The lowest BCUT2D eigenvalue weighted by atomic mass is 9.95. The largest absolute Gasteiger partial charge is 0.493 e. The number of nitriles is 1. The zero-order valence-electron chi connectivity index (χ0n) is 12.0. The van der Waals surface area contributed by atoms with Crippen molar-refractivity contribution in [3.63, 3.8) is 0 Å². The monoisotopic (exact) mass is 317 g/mol. The van der Waals surface area contributed by atoms with Gasteiger partial charge in [0.15, 0.2) is 0 Å². The Labute approximate surface area is 127 Å². The third-order valence-electron chi connectivity index (χ3n) is 3.05. The van der Waals surface area contributed by atoms with Crippen molar-refractivity contribution in [2.45, 2.75) is 38.8 Å². The Kier molecular flexibility index (Phi) is 6.90. The minimum Gasteiger partial charge on any atom is -0.493 e. The number of thioether (sulfide) groups is 1. The second-order valence-electron chi connectivity index (χ2n) is 4.73. The van der Waals surface area contributed by atoms with Crippen molar-refractivity contribution in [1.29, 1.82) is 5.26 Å². The number of halogens is 3. The van der Waals surface area contributed by atoms with Crippen LogP contribution in [0.15, 0.2) is 18.2 Å². The molecule has 0 aliphatic rings. The Morgan fingerprint density at radius 1 is 1.38 bits per heavy atom. The number of hydrogen-bond donors (Lipinski definition) is 0. The first kappa shape index (κ1) is 17.7. The van der Waals surface area contributed by atoms with Gasteiger partial charge in [-0.25, -0.2) is 0 Å². The van der Waals surface area contributed by atoms with Gasteiger partial charge in [0.25, 0.3) is 0 Å². The highest BCUT2D eigenvalue weighted by molar-refractivity contribution is 8.03. The summed E-state index contributed by atoms with van der Waals surface area (Å²) in [6.07, 6.45) is -2.94. The van der Waals surface area contributed by atoms with E-state index in [0.29, 0.717) is 30.1 Å². The van der Waals surface area contributed by atoms with E-state index in [1.807, 2.05) is 19.2 Å². The van der Waals surface area contributed by atoms with Crippen LogP contribution in [0.3, 0.4) is 0 Å². The van der Waals surface area contributed by atoms with Gasteiger partial charge >= 0.3 is 6.18 Å². The summed E-state index contributed by atoms with van der Waals surface area (Å²) in [6, 6.07) is 3.60. The first-order valence-corrected chi connectivity index (χ1v) is 7.73. The fraction of sp³-hybridized carbons (Fsp3) is 0.533. The third-order valence-corrected chi connectivity index (χ3v) is 3.62. The molecule has 1 aromatic rings. The van der Waals surface area contributed by atoms with Gasteiger partial charge in [-0.05, 0) is 54.3 Å². The van der Waals surface area contributed by atoms with E-state index in [1.165, 1.54) is 6.07 Å². The van der Waals surface area contributed by atoms with Gasteiger partial charge in [0.2, 0.25) is 0 Å². The quantitative estimate of drug-likeness (QED) is 0.512. The Morgan fingerprint density at radius 3 is 2.67 bits per heavy atom. The molecule has 0 amide bonds. The van der Waals surface area contributed by atoms with Gasteiger partial charge in [0.05, 0.1) is 12.2 Å². The van der Waals surface area contributed by atoms with Crippen molar-refractivity contribution in [2.24, 2.45) is 0 Å². The SMILES string of the molecule is CCCOc1ccc(C(F)(F)F)cc1C(C)CCSC#N. The maximum atomic E-state index is 12.8. The number of nitrogens with zero attached hydrogens (tertiary/aromatic N) is 1. The minimum absolute atomic E-state index is 0.0972. The first-order valence-electron chi connectivity index (χ1n) is 6.75. The van der Waals surface area contributed by atoms with Gasteiger partial charge in [-0.1, -0.05) is 13.8 Å². The average Bonchev–Trinajstić information content (AvgIpc) is 2.44. The lowest BCUT2D eigenvalue weighted by molar-refractivity contribution is -0.137. The fourth-order valence-corrected chi connectivity index (χ4v) is 2.45. The normalized spacial score (nSPS) is 12.8. The number of hydrogen-bond acceptors (Lipinski definition) is 3. The number of benzene rings is 1. The van der Waals surface area contributed by atoms with Crippen LogP contribution in [-0.4, -0.2) is 12.4 Å². The number of rotatable bonds is 7. The highest BCUT2D eigenvalue weighted by atomic mass is 32.2. The molecule has 0 heterocycles. The lowest BCUT2D eigenvalue weighted by Crippen LogP contribution is -2.09. The number of ether oxygens (including phenoxy) is 1. The van der Waals surface area contributed by atoms with Crippen LogP contribution in [0.4, 0.5) is 13.2 Å². The molecule has 1 unspecified atom stereocenters. The van der Waals surface area contributed by atoms with E-state index in [4.69, 9.17) is 10.00 Å². The van der Waals surface area contributed by atoms with Crippen LogP contribution in [0, 0.1) is 10.7 Å². The molecule has 0 aliphatic heterocycles. The highest BCUT2D eigenvalue weighted by Crippen LogP contribution is 2.36. The van der Waals surface area contributed by atoms with Gasteiger partial charge in [-0.3, -0.25) is 0 Å². The molecule has 0 aliphatic carbocycles. The van der Waals surface area contributed by atoms with Crippen LogP contribution in [0.1, 0.15) is 43.7 Å². The van der Waals surface area contributed by atoms with Gasteiger partial charge in [0.1, 0.15) is 11.2 Å². The predicted molar refractivity (Wildman–Crippen MR) is 78.3 cm³/mol. The summed E-state index contributed by atoms with van der Waals surface area (Å²) < 4.78 is 44.0. The molecule has 2 nitrogen and oxygen atoms in total. The molecule has 1 atom stereocenters. The van der Waals surface area contributed by atoms with Crippen molar-refractivity contribution in [1.82, 2.24) is 0 Å². The summed E-state index contributed by atoms with van der Waals surface area (Å²) in [4.78, 5) is 0. The van der Waals surface area contributed by atoms with Crippen molar-refractivity contribution in [2.75, 3.05) is 12.4 Å². The average molecular weight is 317 g/mol. The van der Waals surface area contributed by atoms with Crippen LogP contribution in [0.5, 0.6) is 5.75 Å². The summed E-state index contributed by atoms with van der Waals surface area (Å²) in [5.74, 6) is 0.987. The van der Waals surface area contributed by atoms with Crippen LogP contribution in [0.25, 0.3) is 0 Å². The zero-order valence-corrected chi connectivity index (χ0v) is 12.9. The molecule has 1 aromatic carbocycles. The van der Waals surface area contributed by atoms with Gasteiger partial charge < -0.3 is 4.74 Å². The van der Waals surface area contributed by atoms with Crippen molar-refractivity contribution >= 4 is 11.8 Å². The standard InChI is InChI=1S/C15H18F3NOS/c1-3-7-20-14-5-4-12(15(16,17)18)9-13(14)11(2)6-8-21-10-19/h4-5,9,11H,3,6-8H2,1-2H3. The van der Waals surface area contributed by atoms with Crippen LogP contribution < -0.4 is 4.74 Å². The van der Waals surface area contributed by atoms with Crippen molar-refractivity contribution < 1.29 is 17.9 Å². The molecule has 116 valence electrons. The van der Waals surface area contributed by atoms with Crippen LogP contribution >= 0.6 is 11.8 Å². The lowest BCUT2D eigenvalue weighted by Gasteiger charge is -2.18. The molecule has 6 heteroatoms. The Hall–Kier alpha value is -1.35. The smallest absolute Gasteiger partial charge is 0.416 e. The molecule has 0 aromatic heterocycles. The molecular formula is C15H18F3NOS. The maximum absolute atomic E-state index is 12.8. The molecule has 0 spiro atoms. The van der Waals surface area contributed by atoms with Gasteiger partial charge in [0, 0.05) is 5.75 Å². The minimum atomic E-state index is -4.36. The van der Waals surface area contributed by atoms with E-state index in [-0.39, 0.29) is 5.92 Å². The van der Waals surface area contributed by atoms with Crippen LogP contribution in [0.2, 0.25) is 0 Å². The molecule has 0 saturated heterocycles. The van der Waals surface area contributed by atoms with Gasteiger partial charge in [-0.2, -0.15) is 18.4 Å². The number of thiocyanates is 1. The molecule has 0 N–H and O–H groups in total. The third kappa shape index (κ3) is 5.50. The Balaban J connectivity index is 3.01. The second-order valence-corrected chi connectivity index (χ2v) is 5.61. The fourth-order valence-electron chi connectivity index (χ4n) is 1.89. The van der Waals surface area contributed by atoms with E-state index >= 15 is 0 Å². The molecular weight excluding hydrogens is 299 g/mol. The zero-order chi connectivity index (χ0) is 15.9. The van der Waals surface area contributed by atoms with E-state index in [2.05, 4.69) is 0 Å². The van der Waals surface area contributed by atoms with Crippen molar-refractivity contribution in [3.05, 3.63) is 29.3 Å². The Bertz CT molecular complexity index is 497. The van der Waals surface area contributed by atoms with Crippen molar-refractivity contribution in [3.8, 4) is 11.2 Å². The van der Waals surface area contributed by atoms with E-state index in [9.17, 15) is 13.2 Å². The topological polar surface area (TPSA) is 33.0 Å². The highest BCUT2D eigenvalue weighted by Gasteiger charge is 2.31. The number of alkyl halides is 3. The second kappa shape index (κ2) is 8.18. The summed E-state index contributed by atoms with van der Waals surface area (Å²) in [5.41, 5.74) is -0.113. The molecule has 1 rings (SSSR count). The summed E-state index contributed by atoms with van der Waals surface area (Å²) >= 11 is 1.11. The first-order chi connectivity index (χ1) is 9.90. The van der Waals surface area contributed by atoms with E-state index in [0.717, 1.165) is 30.3 Å². The molecule has 0 fully saturated rings. The Morgan fingerprint density at radius 2 is 2.10 bits per heavy atom. The van der Waals surface area contributed by atoms with E-state index < -0.39 is 11.7 Å². The summed E-state index contributed by atoms with van der Waals surface area (Å²) in [5, 5.41) is 10.5. The molecule has 0 saturated carbocycles.